The number of hydrogen-bond acceptors (Lipinski definition) is 23. The topological polar surface area (TPSA) is 412 Å². The highest BCUT2D eigenvalue weighted by Gasteiger charge is 2.47. The standard InChI is InChI=1S/C31H44N7O19P3S/c1-31(2,24(41)27(42)34-9-8-20(39)33-10-11-61-30(45)18(29(43)44)12-17-6-4-3-5-7-17)14-54-60(51,52)57-59(49,50)53-13-19-23(56-58(46,47)48)22(40)28(55-19)38-16-37-21-25(32)35-15-36-26(21)38/h3-7,15-16,18-19,22-24,28,40-41H,8-14H2,1-2H3,(H,33,39)(H,34,42)(H,43,44)(H,49,50)(H,51,52)(H2,32,35,36)(H2,46,47,48)/p-4. The van der Waals surface area contributed by atoms with E-state index in [0.717, 1.165) is 29.0 Å². The summed E-state index contributed by atoms with van der Waals surface area (Å²) in [5.74, 6) is -4.24. The maximum Gasteiger partial charge on any atom is 0.315 e. The summed E-state index contributed by atoms with van der Waals surface area (Å²) in [5, 5.41) is 35.0. The van der Waals surface area contributed by atoms with Crippen molar-refractivity contribution >= 4 is 75.1 Å². The van der Waals surface area contributed by atoms with Gasteiger partial charge in [0.25, 0.3) is 15.6 Å². The van der Waals surface area contributed by atoms with Gasteiger partial charge in [0.15, 0.2) is 17.7 Å². The first-order chi connectivity index (χ1) is 28.4. The smallest absolute Gasteiger partial charge is 0.315 e. The monoisotopic (exact) mass is 939 g/mol. The number of carboxylic acid groups (broad SMARTS) is 1. The molecule has 0 spiro atoms. The van der Waals surface area contributed by atoms with Crippen molar-refractivity contribution in [2.75, 3.05) is 37.8 Å². The number of anilines is 1. The minimum Gasteiger partial charge on any atom is -0.790 e. The molecule has 61 heavy (non-hydrogen) atoms. The summed E-state index contributed by atoms with van der Waals surface area (Å²) in [5.41, 5.74) is 4.66. The molecule has 0 radical (unpaired) electrons. The highest BCUT2D eigenvalue weighted by atomic mass is 32.2. The molecule has 3 aromatic rings. The maximum absolute atomic E-state index is 12.6. The summed E-state index contributed by atoms with van der Waals surface area (Å²) in [6.07, 6.45) is -7.84. The van der Waals surface area contributed by atoms with Gasteiger partial charge in [0, 0.05) is 30.7 Å². The fourth-order valence-corrected chi connectivity index (χ4v) is 9.01. The molecule has 2 aromatic heterocycles. The van der Waals surface area contributed by atoms with E-state index in [4.69, 9.17) is 10.5 Å². The molecule has 2 amide bonds. The van der Waals surface area contributed by atoms with E-state index >= 15 is 0 Å². The molecule has 0 aliphatic carbocycles. The lowest BCUT2D eigenvalue weighted by molar-refractivity contribution is -0.347. The number of carboxylic acids is 1. The third-order valence-corrected chi connectivity index (χ3v) is 12.6. The van der Waals surface area contributed by atoms with Gasteiger partial charge >= 0.3 is 5.97 Å². The number of hydrogen-bond donors (Lipinski definition) is 6. The molecule has 0 bridgehead atoms. The molecular weight excluding hydrogens is 899 g/mol. The number of nitrogens with one attached hydrogen (secondary N) is 2. The van der Waals surface area contributed by atoms with Crippen LogP contribution in [0.2, 0.25) is 0 Å². The highest BCUT2D eigenvalue weighted by Crippen LogP contribution is 2.56. The predicted molar refractivity (Wildman–Crippen MR) is 199 cm³/mol. The van der Waals surface area contributed by atoms with Crippen LogP contribution in [0.3, 0.4) is 0 Å². The first-order valence-corrected chi connectivity index (χ1v) is 23.0. The molecule has 1 saturated heterocycles. The molecule has 26 nitrogen and oxygen atoms in total. The van der Waals surface area contributed by atoms with Crippen LogP contribution < -0.4 is 35.9 Å². The number of nitrogen functional groups attached to an aromatic ring is 1. The summed E-state index contributed by atoms with van der Waals surface area (Å²) in [7, 11) is -17.7. The Labute approximate surface area is 350 Å². The average Bonchev–Trinajstić information content (AvgIpc) is 3.73. The van der Waals surface area contributed by atoms with E-state index < -0.39 is 102 Å². The van der Waals surface area contributed by atoms with Crippen molar-refractivity contribution in [3.63, 3.8) is 0 Å². The van der Waals surface area contributed by atoms with Crippen LogP contribution in [0, 0.1) is 11.3 Å². The number of imidazole rings is 1. The van der Waals surface area contributed by atoms with Gasteiger partial charge in [-0.25, -0.2) is 19.3 Å². The lowest BCUT2D eigenvalue weighted by Gasteiger charge is -2.36. The number of carbonyl (C=O) groups excluding carboxylic acids is 3. The SMILES string of the molecule is CC(C)(COP(=O)([O-])OP(=O)([O-])OCC1OC(n2cnc3c(N)ncnc32)C(O)C1OP(=O)([O-])[O-])C(O)C(=O)NCCC(=O)NCCSC(=O)C(Cc1ccccc1)C(=O)O. The van der Waals surface area contributed by atoms with E-state index in [2.05, 4.69) is 43.5 Å². The van der Waals surface area contributed by atoms with Crippen LogP contribution >= 0.6 is 35.2 Å². The Kier molecular flexibility index (Phi) is 17.2. The zero-order valence-electron chi connectivity index (χ0n) is 31.9. The van der Waals surface area contributed by atoms with E-state index in [9.17, 15) is 67.8 Å². The number of fused-ring (bicyclic) bond motifs is 1. The molecule has 7 N–H and O–H groups in total. The van der Waals surface area contributed by atoms with E-state index in [0.29, 0.717) is 5.56 Å². The summed E-state index contributed by atoms with van der Waals surface area (Å²) in [4.78, 5) is 108. The zero-order valence-corrected chi connectivity index (χ0v) is 35.4. The lowest BCUT2D eigenvalue weighted by atomic mass is 9.87. The fourth-order valence-electron chi connectivity index (χ4n) is 5.48. The van der Waals surface area contributed by atoms with Crippen molar-refractivity contribution in [3.8, 4) is 0 Å². The van der Waals surface area contributed by atoms with Crippen molar-refractivity contribution in [1.29, 1.82) is 0 Å². The van der Waals surface area contributed by atoms with Gasteiger partial charge in [0.05, 0.1) is 27.4 Å². The largest absolute Gasteiger partial charge is 0.790 e. The molecule has 1 aliphatic heterocycles. The molecule has 3 heterocycles. The summed E-state index contributed by atoms with van der Waals surface area (Å²) in [6.45, 7) is -0.316. The van der Waals surface area contributed by atoms with Crippen LogP contribution in [0.5, 0.6) is 0 Å². The van der Waals surface area contributed by atoms with Gasteiger partial charge in [-0.2, -0.15) is 0 Å². The lowest BCUT2D eigenvalue weighted by Crippen LogP contribution is -2.46. The normalized spacial score (nSPS) is 21.2. The molecular formula is C31H40N7O19P3S-4. The van der Waals surface area contributed by atoms with Crippen LogP contribution in [0.25, 0.3) is 11.2 Å². The number of nitrogens with zero attached hydrogens (tertiary/aromatic N) is 4. The first-order valence-electron chi connectivity index (χ1n) is 17.6. The second kappa shape index (κ2) is 21.1. The van der Waals surface area contributed by atoms with Crippen LogP contribution in [0.1, 0.15) is 32.1 Å². The van der Waals surface area contributed by atoms with Crippen LogP contribution in [0.15, 0.2) is 43.0 Å². The van der Waals surface area contributed by atoms with Crippen LogP contribution in [0.4, 0.5) is 5.82 Å². The molecule has 0 saturated carbocycles. The van der Waals surface area contributed by atoms with E-state index in [1.165, 1.54) is 13.8 Å². The van der Waals surface area contributed by atoms with E-state index in [1.54, 1.807) is 30.3 Å². The summed E-state index contributed by atoms with van der Waals surface area (Å²) >= 11 is 0.733. The van der Waals surface area contributed by atoms with Gasteiger partial charge in [-0.05, 0) is 12.0 Å². The number of amides is 2. The Morgan fingerprint density at radius 3 is 2.34 bits per heavy atom. The molecule has 8 atom stereocenters. The quantitative estimate of drug-likeness (QED) is 0.0315. The minimum absolute atomic E-state index is 0.00261. The third kappa shape index (κ3) is 14.7. The van der Waals surface area contributed by atoms with E-state index in [-0.39, 0.29) is 48.7 Å². The molecule has 1 fully saturated rings. The fraction of sp³-hybridized carbons (Fsp3) is 0.516. The molecule has 1 aromatic carbocycles. The number of thioether (sulfide) groups is 1. The highest BCUT2D eigenvalue weighted by molar-refractivity contribution is 8.13. The number of carbonyl (C=O) groups is 4. The number of aromatic nitrogens is 4. The number of aliphatic carboxylic acids is 1. The maximum atomic E-state index is 12.6. The Bertz CT molecular complexity index is 2180. The number of aliphatic hydroxyl groups is 2. The Hall–Kier alpha value is -3.75. The Balaban J connectivity index is 1.21. The Morgan fingerprint density at radius 2 is 1.69 bits per heavy atom. The molecule has 338 valence electrons. The Morgan fingerprint density at radius 1 is 1.02 bits per heavy atom. The summed E-state index contributed by atoms with van der Waals surface area (Å²) < 4.78 is 60.5. The van der Waals surface area contributed by atoms with E-state index in [1.807, 2.05) is 0 Å². The van der Waals surface area contributed by atoms with Crippen LogP contribution in [-0.2, 0) is 61.9 Å². The number of benzene rings is 1. The van der Waals surface area contributed by atoms with Gasteiger partial charge in [-0.3, -0.25) is 32.9 Å². The van der Waals surface area contributed by atoms with Crippen molar-refractivity contribution in [1.82, 2.24) is 30.2 Å². The number of rotatable bonds is 23. The van der Waals surface area contributed by atoms with Crippen molar-refractivity contribution in [2.45, 2.75) is 57.3 Å². The zero-order chi connectivity index (χ0) is 45.3. The number of phosphoric acid groups is 3. The average molecular weight is 940 g/mol. The first kappa shape index (κ1) is 49.9. The molecule has 30 heteroatoms. The van der Waals surface area contributed by atoms with Gasteiger partial charge in [-0.15, -0.1) is 0 Å². The predicted octanol–water partition coefficient (Wildman–Crippen LogP) is -2.92. The van der Waals surface area contributed by atoms with Crippen molar-refractivity contribution in [3.05, 3.63) is 48.5 Å². The number of nitrogens with two attached hydrogens (primary N) is 1. The van der Waals surface area contributed by atoms with Crippen molar-refractivity contribution in [2.24, 2.45) is 11.3 Å². The van der Waals surface area contributed by atoms with Crippen molar-refractivity contribution < 1.29 is 90.4 Å². The minimum atomic E-state index is -5.95. The molecule has 1 aliphatic rings. The second-order valence-electron chi connectivity index (χ2n) is 13.7. The molecule has 8 unspecified atom stereocenters. The number of ether oxygens (including phenoxy) is 1. The van der Waals surface area contributed by atoms with Gasteiger partial charge in [0.1, 0.15) is 42.2 Å². The van der Waals surface area contributed by atoms with Gasteiger partial charge in [-0.1, -0.05) is 55.9 Å². The summed E-state index contributed by atoms with van der Waals surface area (Å²) in [6, 6.07) is 8.57. The van der Waals surface area contributed by atoms with Gasteiger partial charge < -0.3 is 74.1 Å². The number of phosphoric ester groups is 3. The third-order valence-electron chi connectivity index (χ3n) is 8.59. The number of aliphatic hydroxyl groups excluding tert-OH is 2. The van der Waals surface area contributed by atoms with Crippen LogP contribution in [-0.4, -0.2) is 114 Å². The van der Waals surface area contributed by atoms with Gasteiger partial charge in [0.2, 0.25) is 16.9 Å². The molecule has 4 rings (SSSR count). The second-order valence-corrected chi connectivity index (χ2v) is 18.9.